The number of hydrogen-bond donors (Lipinski definition) is 2. The number of anilines is 1. The molecule has 0 unspecified atom stereocenters. The third kappa shape index (κ3) is 4.55. The van der Waals surface area contributed by atoms with Crippen LogP contribution in [0.4, 0.5) is 10.5 Å². The van der Waals surface area contributed by atoms with Crippen molar-refractivity contribution >= 4 is 17.7 Å². The summed E-state index contributed by atoms with van der Waals surface area (Å²) in [5.74, 6) is -1.00. The van der Waals surface area contributed by atoms with Gasteiger partial charge in [-0.15, -0.1) is 0 Å². The maximum Gasteiger partial charge on any atom is 0.336 e. The number of urea groups is 1. The van der Waals surface area contributed by atoms with Crippen LogP contribution in [0.5, 0.6) is 0 Å². The highest BCUT2D eigenvalue weighted by atomic mass is 16.4. The van der Waals surface area contributed by atoms with E-state index < -0.39 is 5.97 Å². The van der Waals surface area contributed by atoms with Gasteiger partial charge in [0.25, 0.3) is 0 Å². The zero-order valence-electron chi connectivity index (χ0n) is 12.3. The summed E-state index contributed by atoms with van der Waals surface area (Å²) in [6, 6.07) is 4.58. The first kappa shape index (κ1) is 16.0. The van der Waals surface area contributed by atoms with Crippen molar-refractivity contribution < 1.29 is 14.7 Å². The Morgan fingerprint density at radius 3 is 2.40 bits per heavy atom. The Hall–Kier alpha value is -2.08. The molecule has 0 aliphatic heterocycles. The molecule has 0 spiro atoms. The Kier molecular flexibility index (Phi) is 5.52. The average molecular weight is 279 g/mol. The Labute approximate surface area is 119 Å². The number of benzene rings is 1. The predicted molar refractivity (Wildman–Crippen MR) is 78.3 cm³/mol. The smallest absolute Gasteiger partial charge is 0.336 e. The SMILES string of the molecule is Cc1ccc(NC(=O)N(C)CCN(C)C)cc1C(=O)O. The van der Waals surface area contributed by atoms with Crippen LogP contribution in [0.15, 0.2) is 18.2 Å². The molecule has 0 bridgehead atoms. The van der Waals surface area contributed by atoms with Gasteiger partial charge in [0.15, 0.2) is 0 Å². The maximum absolute atomic E-state index is 11.9. The van der Waals surface area contributed by atoms with Crippen LogP contribution in [0, 0.1) is 6.92 Å². The standard InChI is InChI=1S/C14H21N3O3/c1-10-5-6-11(9-12(10)13(18)19)15-14(20)17(4)8-7-16(2)3/h5-6,9H,7-8H2,1-4H3,(H,15,20)(H,18,19). The second-order valence-electron chi connectivity index (χ2n) is 4.99. The number of aryl methyl sites for hydroxylation is 1. The number of nitrogens with one attached hydrogen (secondary N) is 1. The second kappa shape index (κ2) is 6.91. The molecular weight excluding hydrogens is 258 g/mol. The molecule has 0 aliphatic rings. The van der Waals surface area contributed by atoms with E-state index in [0.717, 1.165) is 6.54 Å². The van der Waals surface area contributed by atoms with Crippen LogP contribution < -0.4 is 5.32 Å². The number of carbonyl (C=O) groups excluding carboxylic acids is 1. The molecular formula is C14H21N3O3. The molecule has 0 radical (unpaired) electrons. The highest BCUT2D eigenvalue weighted by Gasteiger charge is 2.12. The lowest BCUT2D eigenvalue weighted by atomic mass is 10.1. The first-order chi connectivity index (χ1) is 9.31. The van der Waals surface area contributed by atoms with Crippen molar-refractivity contribution in [1.29, 1.82) is 0 Å². The molecule has 0 saturated carbocycles. The van der Waals surface area contributed by atoms with Gasteiger partial charge in [-0.25, -0.2) is 9.59 Å². The van der Waals surface area contributed by atoms with Gasteiger partial charge >= 0.3 is 12.0 Å². The van der Waals surface area contributed by atoms with Gasteiger partial charge in [-0.3, -0.25) is 0 Å². The van der Waals surface area contributed by atoms with Gasteiger partial charge in [-0.2, -0.15) is 0 Å². The lowest BCUT2D eigenvalue weighted by molar-refractivity contribution is 0.0696. The fourth-order valence-corrected chi connectivity index (χ4v) is 1.60. The number of hydrogen-bond acceptors (Lipinski definition) is 3. The van der Waals surface area contributed by atoms with E-state index in [1.54, 1.807) is 31.0 Å². The fourth-order valence-electron chi connectivity index (χ4n) is 1.60. The lowest BCUT2D eigenvalue weighted by Crippen LogP contribution is -2.36. The van der Waals surface area contributed by atoms with Gasteiger partial charge in [0.05, 0.1) is 5.56 Å². The summed E-state index contributed by atoms with van der Waals surface area (Å²) in [6.07, 6.45) is 0. The van der Waals surface area contributed by atoms with E-state index in [0.29, 0.717) is 17.8 Å². The first-order valence-electron chi connectivity index (χ1n) is 6.32. The summed E-state index contributed by atoms with van der Waals surface area (Å²) in [5.41, 5.74) is 1.34. The van der Waals surface area contributed by atoms with E-state index >= 15 is 0 Å². The number of carboxylic acids is 1. The Morgan fingerprint density at radius 1 is 1.20 bits per heavy atom. The van der Waals surface area contributed by atoms with Crippen LogP contribution in [-0.2, 0) is 0 Å². The molecule has 2 amide bonds. The minimum absolute atomic E-state index is 0.193. The molecule has 2 N–H and O–H groups in total. The number of carbonyl (C=O) groups is 2. The van der Waals surface area contributed by atoms with Crippen molar-refractivity contribution in [1.82, 2.24) is 9.80 Å². The maximum atomic E-state index is 11.9. The number of carboxylic acid groups (broad SMARTS) is 1. The highest BCUT2D eigenvalue weighted by Crippen LogP contribution is 2.15. The highest BCUT2D eigenvalue weighted by molar-refractivity contribution is 5.94. The van der Waals surface area contributed by atoms with Gasteiger partial charge in [-0.1, -0.05) is 6.07 Å². The van der Waals surface area contributed by atoms with E-state index in [1.807, 2.05) is 19.0 Å². The summed E-state index contributed by atoms with van der Waals surface area (Å²) < 4.78 is 0. The third-order valence-electron chi connectivity index (χ3n) is 2.95. The van der Waals surface area contributed by atoms with Gasteiger partial charge in [-0.05, 0) is 38.7 Å². The minimum atomic E-state index is -1.00. The van der Waals surface area contributed by atoms with Crippen LogP contribution in [0.25, 0.3) is 0 Å². The fraction of sp³-hybridized carbons (Fsp3) is 0.429. The molecule has 0 atom stereocenters. The van der Waals surface area contributed by atoms with E-state index in [4.69, 9.17) is 5.11 Å². The quantitative estimate of drug-likeness (QED) is 0.860. The predicted octanol–water partition coefficient (Wildman–Crippen LogP) is 1.72. The van der Waals surface area contributed by atoms with E-state index in [1.165, 1.54) is 6.07 Å². The summed E-state index contributed by atoms with van der Waals surface area (Å²) in [7, 11) is 5.57. The van der Waals surface area contributed by atoms with Crippen LogP contribution in [0.3, 0.4) is 0 Å². The molecule has 1 aromatic rings. The summed E-state index contributed by atoms with van der Waals surface area (Å²) in [5, 5.41) is 11.7. The van der Waals surface area contributed by atoms with E-state index in [-0.39, 0.29) is 11.6 Å². The zero-order valence-corrected chi connectivity index (χ0v) is 12.3. The van der Waals surface area contributed by atoms with Crippen LogP contribution in [0.1, 0.15) is 15.9 Å². The van der Waals surface area contributed by atoms with Crippen LogP contribution in [-0.4, -0.2) is 61.1 Å². The Morgan fingerprint density at radius 2 is 1.85 bits per heavy atom. The van der Waals surface area contributed by atoms with Crippen LogP contribution >= 0.6 is 0 Å². The van der Waals surface area contributed by atoms with E-state index in [9.17, 15) is 9.59 Å². The topological polar surface area (TPSA) is 72.9 Å². The van der Waals surface area contributed by atoms with Crippen molar-refractivity contribution in [2.45, 2.75) is 6.92 Å². The average Bonchev–Trinajstić information content (AvgIpc) is 2.37. The van der Waals surface area contributed by atoms with Gasteiger partial charge in [0.2, 0.25) is 0 Å². The third-order valence-corrected chi connectivity index (χ3v) is 2.95. The lowest BCUT2D eigenvalue weighted by Gasteiger charge is -2.20. The number of likely N-dealkylation sites (N-methyl/N-ethyl adjacent to an activating group) is 2. The molecule has 0 saturated heterocycles. The van der Waals surface area contributed by atoms with Gasteiger partial charge < -0.3 is 20.2 Å². The summed E-state index contributed by atoms with van der Waals surface area (Å²) in [6.45, 7) is 3.08. The van der Waals surface area contributed by atoms with Crippen molar-refractivity contribution in [2.75, 3.05) is 39.5 Å². The van der Waals surface area contributed by atoms with Crippen molar-refractivity contribution in [2.24, 2.45) is 0 Å². The molecule has 0 fully saturated rings. The summed E-state index contributed by atoms with van der Waals surface area (Å²) in [4.78, 5) is 26.5. The summed E-state index contributed by atoms with van der Waals surface area (Å²) >= 11 is 0. The second-order valence-corrected chi connectivity index (χ2v) is 4.99. The van der Waals surface area contributed by atoms with Crippen LogP contribution in [0.2, 0.25) is 0 Å². The molecule has 20 heavy (non-hydrogen) atoms. The number of nitrogens with zero attached hydrogens (tertiary/aromatic N) is 2. The van der Waals surface area contributed by atoms with Crippen molar-refractivity contribution in [3.63, 3.8) is 0 Å². The molecule has 1 rings (SSSR count). The Balaban J connectivity index is 2.71. The van der Waals surface area contributed by atoms with Crippen molar-refractivity contribution in [3.05, 3.63) is 29.3 Å². The molecule has 1 aromatic carbocycles. The number of amides is 2. The first-order valence-corrected chi connectivity index (χ1v) is 6.32. The molecule has 110 valence electrons. The van der Waals surface area contributed by atoms with Gasteiger partial charge in [0.1, 0.15) is 0 Å². The van der Waals surface area contributed by atoms with Gasteiger partial charge in [0, 0.05) is 25.8 Å². The molecule has 6 nitrogen and oxygen atoms in total. The molecule has 0 heterocycles. The minimum Gasteiger partial charge on any atom is -0.478 e. The number of rotatable bonds is 5. The molecule has 0 aromatic heterocycles. The monoisotopic (exact) mass is 279 g/mol. The molecule has 0 aliphatic carbocycles. The van der Waals surface area contributed by atoms with Crippen molar-refractivity contribution in [3.8, 4) is 0 Å². The largest absolute Gasteiger partial charge is 0.478 e. The molecule has 6 heteroatoms. The Bertz CT molecular complexity index is 500. The van der Waals surface area contributed by atoms with E-state index in [2.05, 4.69) is 5.32 Å². The number of aromatic carboxylic acids is 1. The normalized spacial score (nSPS) is 10.4. The zero-order chi connectivity index (χ0) is 15.3.